The van der Waals surface area contributed by atoms with E-state index in [4.69, 9.17) is 28.2 Å². The summed E-state index contributed by atoms with van der Waals surface area (Å²) in [6.45, 7) is 1.68. The van der Waals surface area contributed by atoms with Crippen LogP contribution in [0.5, 0.6) is 0 Å². The molecule has 2 aliphatic heterocycles. The highest BCUT2D eigenvalue weighted by Crippen LogP contribution is 2.45. The van der Waals surface area contributed by atoms with E-state index >= 15 is 0 Å². The van der Waals surface area contributed by atoms with Crippen LogP contribution in [0, 0.1) is 11.3 Å². The molecule has 0 bridgehead atoms. The molecule has 1 saturated heterocycles. The standard InChI is InChI=1S/C26H26Cl2N6O/c27-19-5-7-22-17(12-19)3-4-18-13-20(28)6-8-23(18)26(22,25-31-16-32-33-25)9-10-30-15-24(35)34-11-1-2-21(34)14-29/h5-8,12-13,21,30H,1-4,9-11,15-16H2/t21-/m0/s1. The Morgan fingerprint density at radius 3 is 2.43 bits per heavy atom. The number of carbonyl (C=O) groups is 1. The number of hydrogen-bond acceptors (Lipinski definition) is 6. The second-order valence-electron chi connectivity index (χ2n) is 9.17. The van der Waals surface area contributed by atoms with E-state index in [0.29, 0.717) is 42.1 Å². The highest BCUT2D eigenvalue weighted by atomic mass is 35.5. The number of azo groups is 1. The molecule has 5 rings (SSSR count). The summed E-state index contributed by atoms with van der Waals surface area (Å²) in [5, 5.41) is 22.7. The maximum atomic E-state index is 12.8. The Bertz CT molecular complexity index is 1200. The monoisotopic (exact) mass is 508 g/mol. The molecule has 1 atom stereocenters. The number of fused-ring (bicyclic) bond motifs is 2. The summed E-state index contributed by atoms with van der Waals surface area (Å²) in [5.41, 5.74) is 3.88. The Morgan fingerprint density at radius 1 is 1.14 bits per heavy atom. The molecule has 9 heteroatoms. The molecule has 0 spiro atoms. The molecular weight excluding hydrogens is 483 g/mol. The Balaban J connectivity index is 1.48. The predicted octanol–water partition coefficient (Wildman–Crippen LogP) is 4.69. The van der Waals surface area contributed by atoms with Crippen molar-refractivity contribution in [1.82, 2.24) is 10.2 Å². The van der Waals surface area contributed by atoms with E-state index in [1.165, 1.54) is 0 Å². The third-order valence-electron chi connectivity index (χ3n) is 7.22. The number of amidine groups is 1. The summed E-state index contributed by atoms with van der Waals surface area (Å²) < 4.78 is 0. The van der Waals surface area contributed by atoms with E-state index in [1.54, 1.807) is 4.90 Å². The van der Waals surface area contributed by atoms with Crippen LogP contribution < -0.4 is 5.32 Å². The number of rotatable bonds is 6. The fraction of sp³-hybridized carbons (Fsp3) is 0.423. The van der Waals surface area contributed by atoms with E-state index < -0.39 is 5.41 Å². The number of hydrogen-bond donors (Lipinski definition) is 1. The van der Waals surface area contributed by atoms with Crippen molar-refractivity contribution < 1.29 is 4.79 Å². The number of amides is 1. The average Bonchev–Trinajstić information content (AvgIpc) is 3.54. The van der Waals surface area contributed by atoms with Crippen LogP contribution >= 0.6 is 23.2 Å². The number of nitrogens with zero attached hydrogens (tertiary/aromatic N) is 5. The molecule has 1 N–H and O–H groups in total. The molecule has 1 aliphatic carbocycles. The summed E-state index contributed by atoms with van der Waals surface area (Å²) in [5.74, 6) is 0.630. The minimum absolute atomic E-state index is 0.0405. The molecule has 0 radical (unpaired) electrons. The molecule has 35 heavy (non-hydrogen) atoms. The first-order chi connectivity index (χ1) is 17.0. The van der Waals surface area contributed by atoms with E-state index in [-0.39, 0.29) is 18.5 Å². The Morgan fingerprint density at radius 2 is 1.83 bits per heavy atom. The molecular formula is C26H26Cl2N6O. The number of benzene rings is 2. The molecule has 0 unspecified atom stereocenters. The molecule has 1 fully saturated rings. The van der Waals surface area contributed by atoms with Crippen LogP contribution in [0.15, 0.2) is 51.6 Å². The number of likely N-dealkylation sites (tertiary alicyclic amines) is 1. The highest BCUT2D eigenvalue weighted by molar-refractivity contribution is 6.31. The van der Waals surface area contributed by atoms with Crippen LogP contribution in [-0.4, -0.2) is 49.0 Å². The lowest BCUT2D eigenvalue weighted by Crippen LogP contribution is -2.43. The van der Waals surface area contributed by atoms with Crippen molar-refractivity contribution in [3.8, 4) is 6.07 Å². The van der Waals surface area contributed by atoms with Crippen LogP contribution in [0.1, 0.15) is 41.5 Å². The van der Waals surface area contributed by atoms with E-state index in [9.17, 15) is 10.1 Å². The lowest BCUT2D eigenvalue weighted by Gasteiger charge is -2.35. The summed E-state index contributed by atoms with van der Waals surface area (Å²) in [6.07, 6.45) is 3.90. The zero-order valence-corrected chi connectivity index (χ0v) is 20.8. The summed E-state index contributed by atoms with van der Waals surface area (Å²) >= 11 is 12.8. The topological polar surface area (TPSA) is 93.2 Å². The molecule has 2 heterocycles. The van der Waals surface area contributed by atoms with Gasteiger partial charge in [0.15, 0.2) is 12.5 Å². The smallest absolute Gasteiger partial charge is 0.237 e. The van der Waals surface area contributed by atoms with Gasteiger partial charge in [0, 0.05) is 16.6 Å². The first-order valence-corrected chi connectivity index (χ1v) is 12.7. The fourth-order valence-corrected chi connectivity index (χ4v) is 6.02. The SMILES string of the molecule is N#C[C@@H]1CCCN1C(=O)CNCCC1(C2=NCN=N2)c2ccc(Cl)cc2CCc2cc(Cl)ccc21. The molecule has 3 aliphatic rings. The van der Waals surface area contributed by atoms with Crippen LogP contribution in [-0.2, 0) is 23.1 Å². The third kappa shape index (κ3) is 4.47. The Labute approximate surface area is 214 Å². The zero-order valence-electron chi connectivity index (χ0n) is 19.3. The molecule has 2 aromatic rings. The summed E-state index contributed by atoms with van der Waals surface area (Å²) in [7, 11) is 0. The van der Waals surface area contributed by atoms with Crippen molar-refractivity contribution in [3.63, 3.8) is 0 Å². The van der Waals surface area contributed by atoms with Gasteiger partial charge >= 0.3 is 0 Å². The van der Waals surface area contributed by atoms with Gasteiger partial charge in [0.25, 0.3) is 0 Å². The number of halogens is 2. The molecule has 180 valence electrons. The van der Waals surface area contributed by atoms with E-state index in [1.807, 2.05) is 24.3 Å². The van der Waals surface area contributed by atoms with Gasteiger partial charge in [-0.3, -0.25) is 4.79 Å². The van der Waals surface area contributed by atoms with Gasteiger partial charge in [-0.25, -0.2) is 4.99 Å². The van der Waals surface area contributed by atoms with Gasteiger partial charge in [-0.1, -0.05) is 35.3 Å². The Kier molecular flexibility index (Phi) is 6.88. The fourth-order valence-electron chi connectivity index (χ4n) is 5.63. The number of nitrogens with one attached hydrogen (secondary N) is 1. The van der Waals surface area contributed by atoms with Crippen LogP contribution in [0.2, 0.25) is 10.0 Å². The van der Waals surface area contributed by atoms with Crippen molar-refractivity contribution in [3.05, 3.63) is 68.7 Å². The van der Waals surface area contributed by atoms with Crippen molar-refractivity contribution >= 4 is 34.9 Å². The van der Waals surface area contributed by atoms with E-state index in [2.05, 4.69) is 33.7 Å². The van der Waals surface area contributed by atoms with Crippen LogP contribution in [0.4, 0.5) is 0 Å². The van der Waals surface area contributed by atoms with Gasteiger partial charge in [0.2, 0.25) is 5.91 Å². The van der Waals surface area contributed by atoms with Gasteiger partial charge < -0.3 is 10.2 Å². The number of aryl methyl sites for hydroxylation is 2. The van der Waals surface area contributed by atoms with Gasteiger partial charge in [-0.15, -0.1) is 5.11 Å². The quantitative estimate of drug-likeness (QED) is 0.573. The number of nitriles is 1. The molecule has 2 aromatic carbocycles. The number of aliphatic imine (C=N–C) groups is 1. The summed E-state index contributed by atoms with van der Waals surface area (Å²) in [4.78, 5) is 19.1. The Hall–Kier alpha value is -2.79. The minimum atomic E-state index is -0.644. The largest absolute Gasteiger partial charge is 0.326 e. The van der Waals surface area contributed by atoms with Gasteiger partial charge in [-0.2, -0.15) is 10.4 Å². The minimum Gasteiger partial charge on any atom is -0.326 e. The second kappa shape index (κ2) is 10.1. The maximum Gasteiger partial charge on any atom is 0.237 e. The first kappa shape index (κ1) is 23.9. The molecule has 1 amide bonds. The maximum absolute atomic E-state index is 12.8. The first-order valence-electron chi connectivity index (χ1n) is 11.9. The molecule has 0 saturated carbocycles. The summed E-state index contributed by atoms with van der Waals surface area (Å²) in [6, 6.07) is 13.9. The van der Waals surface area contributed by atoms with Gasteiger partial charge in [-0.05, 0) is 85.2 Å². The van der Waals surface area contributed by atoms with Crippen molar-refractivity contribution in [1.29, 1.82) is 5.26 Å². The van der Waals surface area contributed by atoms with Crippen molar-refractivity contribution in [2.24, 2.45) is 15.2 Å². The van der Waals surface area contributed by atoms with Crippen LogP contribution in [0.25, 0.3) is 0 Å². The number of carbonyl (C=O) groups excluding carboxylic acids is 1. The molecule has 7 nitrogen and oxygen atoms in total. The van der Waals surface area contributed by atoms with Crippen LogP contribution in [0.3, 0.4) is 0 Å². The lowest BCUT2D eigenvalue weighted by atomic mass is 9.69. The van der Waals surface area contributed by atoms with Gasteiger partial charge in [0.05, 0.1) is 18.0 Å². The zero-order chi connectivity index (χ0) is 24.4. The predicted molar refractivity (Wildman–Crippen MR) is 136 cm³/mol. The van der Waals surface area contributed by atoms with Crippen molar-refractivity contribution in [2.45, 2.75) is 43.6 Å². The highest BCUT2D eigenvalue weighted by Gasteiger charge is 2.45. The second-order valence-corrected chi connectivity index (χ2v) is 10.0. The third-order valence-corrected chi connectivity index (χ3v) is 7.69. The van der Waals surface area contributed by atoms with Crippen molar-refractivity contribution in [2.75, 3.05) is 26.3 Å². The average molecular weight is 509 g/mol. The molecule has 0 aromatic heterocycles. The lowest BCUT2D eigenvalue weighted by molar-refractivity contribution is -0.130. The van der Waals surface area contributed by atoms with Gasteiger partial charge in [0.1, 0.15) is 6.04 Å². The normalized spacial score (nSPS) is 20.1. The van der Waals surface area contributed by atoms with E-state index in [0.717, 1.165) is 47.9 Å².